The fourth-order valence-electron chi connectivity index (χ4n) is 4.74. The zero-order valence-electron chi connectivity index (χ0n) is 24.5. The Morgan fingerprint density at radius 1 is 0.865 bits per heavy atom. The van der Waals surface area contributed by atoms with E-state index in [9.17, 15) is 19.2 Å². The molecule has 0 unspecified atom stereocenters. The van der Waals surface area contributed by atoms with Gasteiger partial charge in [-0.15, -0.1) is 0 Å². The molecule has 2 N–H and O–H groups in total. The zero-order valence-corrected chi connectivity index (χ0v) is 24.5. The smallest absolute Gasteiger partial charge is 0.245 e. The van der Waals surface area contributed by atoms with E-state index in [0.717, 1.165) is 18.4 Å². The fourth-order valence-corrected chi connectivity index (χ4v) is 4.74. The van der Waals surface area contributed by atoms with E-state index in [-0.39, 0.29) is 35.5 Å². The van der Waals surface area contributed by atoms with Gasteiger partial charge in [0.1, 0.15) is 18.1 Å². The fraction of sp³-hybridized carbons (Fsp3) is 0.714. The van der Waals surface area contributed by atoms with Gasteiger partial charge in [0.05, 0.1) is 6.04 Å². The lowest BCUT2D eigenvalue weighted by molar-refractivity contribution is -0.152. The molecule has 0 aliphatic heterocycles. The number of amides is 4. The number of nitrogens with one attached hydrogen (secondary N) is 2. The van der Waals surface area contributed by atoms with Crippen molar-refractivity contribution in [3.8, 4) is 0 Å². The summed E-state index contributed by atoms with van der Waals surface area (Å²) in [6.07, 6.45) is 9.29. The topological polar surface area (TPSA) is 102 Å². The number of hydrogen-bond acceptors (Lipinski definition) is 5. The van der Waals surface area contributed by atoms with E-state index in [1.54, 1.807) is 35.1 Å². The summed E-state index contributed by atoms with van der Waals surface area (Å²) in [4.78, 5) is 57.3. The SMILES string of the molecule is CNC(=O)[C@H](C(C)C)N(C)C(=O)[C@H](C)N(C)C(=O)[C@H](CC(C)C)N(C)C(=O)[C@H](CC1=CCCC=C1)NC. The van der Waals surface area contributed by atoms with Crippen molar-refractivity contribution in [1.29, 1.82) is 0 Å². The van der Waals surface area contributed by atoms with Gasteiger partial charge in [-0.05, 0) is 51.5 Å². The molecule has 0 aromatic rings. The molecule has 0 saturated heterocycles. The van der Waals surface area contributed by atoms with Crippen molar-refractivity contribution in [1.82, 2.24) is 25.3 Å². The Morgan fingerprint density at radius 2 is 1.49 bits per heavy atom. The van der Waals surface area contributed by atoms with Gasteiger partial charge >= 0.3 is 0 Å². The number of carbonyl (C=O) groups excluding carboxylic acids is 4. The van der Waals surface area contributed by atoms with E-state index >= 15 is 0 Å². The van der Waals surface area contributed by atoms with Gasteiger partial charge in [0.25, 0.3) is 0 Å². The van der Waals surface area contributed by atoms with Gasteiger partial charge in [-0.3, -0.25) is 19.2 Å². The molecule has 4 amide bonds. The molecular weight excluding hydrogens is 470 g/mol. The molecule has 1 aliphatic carbocycles. The van der Waals surface area contributed by atoms with Crippen LogP contribution in [0.1, 0.15) is 60.3 Å². The number of likely N-dealkylation sites (N-methyl/N-ethyl adjacent to an activating group) is 5. The second-order valence-electron chi connectivity index (χ2n) is 10.8. The highest BCUT2D eigenvalue weighted by Gasteiger charge is 2.38. The predicted molar refractivity (Wildman–Crippen MR) is 148 cm³/mol. The quantitative estimate of drug-likeness (QED) is 0.388. The molecule has 0 fully saturated rings. The molecule has 0 aromatic heterocycles. The molecule has 4 atom stereocenters. The van der Waals surface area contributed by atoms with E-state index in [2.05, 4.69) is 28.9 Å². The summed E-state index contributed by atoms with van der Waals surface area (Å²) in [7, 11) is 8.13. The minimum Gasteiger partial charge on any atom is -0.357 e. The van der Waals surface area contributed by atoms with Crippen LogP contribution < -0.4 is 10.6 Å². The lowest BCUT2D eigenvalue weighted by Crippen LogP contribution is -2.58. The molecule has 0 spiro atoms. The zero-order chi connectivity index (χ0) is 28.4. The summed E-state index contributed by atoms with van der Waals surface area (Å²) in [5.41, 5.74) is 1.11. The molecule has 0 heterocycles. The number of hydrogen-bond donors (Lipinski definition) is 2. The van der Waals surface area contributed by atoms with Crippen molar-refractivity contribution >= 4 is 23.6 Å². The highest BCUT2D eigenvalue weighted by molar-refractivity contribution is 5.94. The maximum absolute atomic E-state index is 13.7. The van der Waals surface area contributed by atoms with Crippen LogP contribution in [0.25, 0.3) is 0 Å². The molecule has 9 heteroatoms. The summed E-state index contributed by atoms with van der Waals surface area (Å²) in [5.74, 6) is -0.999. The van der Waals surface area contributed by atoms with Crippen LogP contribution in [0.2, 0.25) is 0 Å². The van der Waals surface area contributed by atoms with Gasteiger partial charge in [-0.1, -0.05) is 51.5 Å². The highest BCUT2D eigenvalue weighted by Crippen LogP contribution is 2.20. The van der Waals surface area contributed by atoms with Crippen molar-refractivity contribution in [2.75, 3.05) is 35.2 Å². The summed E-state index contributed by atoms with van der Waals surface area (Å²) >= 11 is 0. The van der Waals surface area contributed by atoms with Crippen molar-refractivity contribution in [3.63, 3.8) is 0 Å². The molecule has 0 aromatic carbocycles. The Hall–Kier alpha value is -2.68. The van der Waals surface area contributed by atoms with Crippen LogP contribution >= 0.6 is 0 Å². The van der Waals surface area contributed by atoms with E-state index in [4.69, 9.17) is 0 Å². The second-order valence-corrected chi connectivity index (χ2v) is 10.8. The summed E-state index contributed by atoms with van der Waals surface area (Å²) in [6.45, 7) is 9.42. The van der Waals surface area contributed by atoms with Crippen molar-refractivity contribution in [3.05, 3.63) is 23.8 Å². The van der Waals surface area contributed by atoms with Crippen molar-refractivity contribution < 1.29 is 19.2 Å². The molecule has 0 saturated carbocycles. The average Bonchev–Trinajstić information content (AvgIpc) is 2.87. The van der Waals surface area contributed by atoms with E-state index < -0.39 is 24.2 Å². The summed E-state index contributed by atoms with van der Waals surface area (Å²) < 4.78 is 0. The van der Waals surface area contributed by atoms with Gasteiger partial charge in [-0.2, -0.15) is 0 Å². The first kappa shape index (κ1) is 32.3. The van der Waals surface area contributed by atoms with Crippen LogP contribution in [0, 0.1) is 11.8 Å². The van der Waals surface area contributed by atoms with Crippen molar-refractivity contribution in [2.24, 2.45) is 11.8 Å². The molecule has 1 rings (SSSR count). The normalized spacial score (nSPS) is 16.5. The Balaban J connectivity index is 3.12. The Labute approximate surface area is 223 Å². The maximum Gasteiger partial charge on any atom is 0.245 e. The van der Waals surface area contributed by atoms with E-state index in [0.29, 0.717) is 12.8 Å². The van der Waals surface area contributed by atoms with Gasteiger partial charge in [0.2, 0.25) is 23.6 Å². The van der Waals surface area contributed by atoms with E-state index in [1.807, 2.05) is 27.7 Å². The van der Waals surface area contributed by atoms with Gasteiger partial charge in [0.15, 0.2) is 0 Å². The predicted octanol–water partition coefficient (Wildman–Crippen LogP) is 2.19. The number of allylic oxidation sites excluding steroid dienone is 3. The molecule has 37 heavy (non-hydrogen) atoms. The molecular formula is C28H49N5O4. The third-order valence-corrected chi connectivity index (χ3v) is 7.15. The lowest BCUT2D eigenvalue weighted by atomic mass is 9.97. The molecule has 0 radical (unpaired) electrons. The first-order valence-electron chi connectivity index (χ1n) is 13.3. The van der Waals surface area contributed by atoms with Crippen LogP contribution in [-0.2, 0) is 19.2 Å². The monoisotopic (exact) mass is 519 g/mol. The van der Waals surface area contributed by atoms with Gasteiger partial charge in [0, 0.05) is 28.2 Å². The molecule has 1 aliphatic rings. The van der Waals surface area contributed by atoms with Crippen LogP contribution in [0.5, 0.6) is 0 Å². The van der Waals surface area contributed by atoms with Crippen molar-refractivity contribution in [2.45, 2.75) is 84.5 Å². The molecule has 210 valence electrons. The second kappa shape index (κ2) is 14.9. The highest BCUT2D eigenvalue weighted by atomic mass is 16.2. The number of rotatable bonds is 13. The maximum atomic E-state index is 13.7. The standard InChI is InChI=1S/C28H49N5O4/c1-18(2)16-23(32(9)27(36)22(29-6)17-21-14-12-11-13-15-21)28(37)31(8)20(5)26(35)33(10)24(19(3)4)25(34)30-7/h12,14-15,18-20,22-24,29H,11,13,16-17H2,1-10H3,(H,30,34)/t20-,22-,23-,24-/m0/s1. The Kier molecular flexibility index (Phi) is 13.0. The Bertz CT molecular complexity index is 867. The minimum atomic E-state index is -0.806. The Morgan fingerprint density at radius 3 is 1.95 bits per heavy atom. The number of nitrogens with zero attached hydrogens (tertiary/aromatic N) is 3. The third kappa shape index (κ3) is 8.69. The van der Waals surface area contributed by atoms with E-state index in [1.165, 1.54) is 21.7 Å². The largest absolute Gasteiger partial charge is 0.357 e. The number of carbonyl (C=O) groups is 4. The first-order valence-corrected chi connectivity index (χ1v) is 13.3. The molecule has 0 bridgehead atoms. The van der Waals surface area contributed by atoms with Gasteiger partial charge < -0.3 is 25.3 Å². The first-order chi connectivity index (χ1) is 17.3. The molecule has 9 nitrogen and oxygen atoms in total. The van der Waals surface area contributed by atoms with Crippen LogP contribution in [0.15, 0.2) is 23.8 Å². The average molecular weight is 520 g/mol. The minimum absolute atomic E-state index is 0.104. The summed E-state index contributed by atoms with van der Waals surface area (Å²) in [6, 6.07) is -2.64. The third-order valence-electron chi connectivity index (χ3n) is 7.15. The summed E-state index contributed by atoms with van der Waals surface area (Å²) in [5, 5.41) is 5.73. The van der Waals surface area contributed by atoms with Gasteiger partial charge in [-0.25, -0.2) is 0 Å². The van der Waals surface area contributed by atoms with Crippen LogP contribution in [-0.4, -0.2) is 97.7 Å². The van der Waals surface area contributed by atoms with Crippen LogP contribution in [0.4, 0.5) is 0 Å². The lowest BCUT2D eigenvalue weighted by Gasteiger charge is -2.38. The van der Waals surface area contributed by atoms with Crippen LogP contribution in [0.3, 0.4) is 0 Å².